The van der Waals surface area contributed by atoms with Gasteiger partial charge in [0.2, 0.25) is 0 Å². The minimum Gasteiger partial charge on any atom is -1.00 e. The predicted molar refractivity (Wildman–Crippen MR) is 281 cm³/mol. The summed E-state index contributed by atoms with van der Waals surface area (Å²) in [6, 6.07) is 41.3. The van der Waals surface area contributed by atoms with Gasteiger partial charge in [0.15, 0.2) is 46.5 Å². The van der Waals surface area contributed by atoms with Crippen molar-refractivity contribution >= 4 is 28.5 Å². The molecule has 8 aromatic rings. The molecule has 21 heteroatoms. The Hall–Kier alpha value is -7.76. The van der Waals surface area contributed by atoms with E-state index < -0.39 is 74.8 Å². The van der Waals surface area contributed by atoms with Gasteiger partial charge < -0.3 is 20.6 Å². The van der Waals surface area contributed by atoms with E-state index in [0.29, 0.717) is 5.69 Å². The Balaban J connectivity index is 0.000000206. The van der Waals surface area contributed by atoms with Gasteiger partial charge in [0.25, 0.3) is 0 Å². The number of rotatable bonds is 6. The van der Waals surface area contributed by atoms with Crippen LogP contribution in [0.25, 0.3) is 44.5 Å². The number of ether oxygens (including phenoxy) is 1. The van der Waals surface area contributed by atoms with Gasteiger partial charge in [0, 0.05) is 23.4 Å². The Labute approximate surface area is 487 Å². The minimum absolute atomic E-state index is 0. The number of benzene rings is 6. The van der Waals surface area contributed by atoms with Crippen molar-refractivity contribution in [2.45, 2.75) is 51.9 Å². The van der Waals surface area contributed by atoms with Gasteiger partial charge in [-0.1, -0.05) is 66.7 Å². The molecule has 1 saturated heterocycles. The summed E-state index contributed by atoms with van der Waals surface area (Å²) in [5, 5.41) is 43.1. The summed E-state index contributed by atoms with van der Waals surface area (Å²) in [5.41, 5.74) is 7.79. The Morgan fingerprint density at radius 2 is 0.975 bits per heavy atom. The second kappa shape index (κ2) is 26.0. The molecule has 398 valence electrons. The third kappa shape index (κ3) is 13.0. The van der Waals surface area contributed by atoms with Gasteiger partial charge in [-0.05, 0) is 143 Å². The zero-order chi connectivity index (χ0) is 57.5. The summed E-state index contributed by atoms with van der Waals surface area (Å²) in [7, 11) is 1.27. The first-order valence-corrected chi connectivity index (χ1v) is 24.3. The van der Waals surface area contributed by atoms with Crippen molar-refractivity contribution in [2.24, 2.45) is 0 Å². The number of hydrogen-bond donors (Lipinski definition) is 1. The summed E-state index contributed by atoms with van der Waals surface area (Å²) in [5.74, 6) is -12.7. The molecule has 1 aliphatic carbocycles. The van der Waals surface area contributed by atoms with Crippen LogP contribution in [0, 0.1) is 91.9 Å². The molecule has 1 aliphatic heterocycles. The zero-order valence-electron chi connectivity index (χ0n) is 44.3. The monoisotopic (exact) mass is 1160 g/mol. The topological polar surface area (TPSA) is 169 Å². The van der Waals surface area contributed by atoms with Crippen LogP contribution in [0.5, 0.6) is 5.75 Å². The van der Waals surface area contributed by atoms with E-state index in [9.17, 15) is 40.2 Å². The van der Waals surface area contributed by atoms with Crippen LogP contribution < -0.4 is 39.8 Å². The molecule has 1 N–H and O–H groups in total. The van der Waals surface area contributed by atoms with Gasteiger partial charge in [-0.15, -0.1) is 0 Å². The fourth-order valence-corrected chi connectivity index (χ4v) is 8.35. The summed E-state index contributed by atoms with van der Waals surface area (Å²) in [4.78, 5) is 7.57. The van der Waals surface area contributed by atoms with Crippen LogP contribution in [0.2, 0.25) is 0 Å². The van der Waals surface area contributed by atoms with Crippen molar-refractivity contribution < 1.29 is 85.3 Å². The van der Waals surface area contributed by atoms with E-state index in [4.69, 9.17) is 35.1 Å². The molecular weight excluding hydrogens is 1120 g/mol. The molecule has 1 fully saturated rings. The van der Waals surface area contributed by atoms with Crippen LogP contribution in [-0.2, 0) is 22.3 Å². The van der Waals surface area contributed by atoms with Gasteiger partial charge in [0.05, 0.1) is 35.0 Å². The fourth-order valence-electron chi connectivity index (χ4n) is 8.00. The van der Waals surface area contributed by atoms with E-state index in [1.165, 1.54) is 44.5 Å². The van der Waals surface area contributed by atoms with Gasteiger partial charge in [0.1, 0.15) is 52.5 Å². The number of hydrogen-bond acceptors (Lipinski definition) is 10. The Bertz CT molecular complexity index is 3630. The maximum atomic E-state index is 13.7. The van der Waals surface area contributed by atoms with Crippen LogP contribution in [-0.4, -0.2) is 40.5 Å². The molecular formula is C59H41BBrF8N6NaO4. The molecule has 10 nitrogen and oxygen atoms in total. The molecule has 0 amide bonds. The van der Waals surface area contributed by atoms with Crippen molar-refractivity contribution in [1.82, 2.24) is 9.97 Å². The minimum atomic E-state index is -1.77. The standard InChI is InChI=1S/C27H22O2.C13H3F4N3.C12H15BN2O2.C7BrF4N.Na.H/c1-29-25-12-10-20(11-13-25)22-7-9-24-14-23-8-6-21(15-26(23)27(24)16-22)19-4-2-18(17-28)3-5-19;14-10-8(4-19)11(15)13(17)9(12(10)16)6-1-2-7(3-18)20-5-6;1-11(2)12(3,4)17-13(16-11)9-5-6-10(7-14)15-8-9;8-3-6(11)4(9)2(1-13)5(10)7(3)12;;/h2-13,15-16,28H,14,17H2,1H3;1-2,5H;5-6,8H,1-4H3;;;/q;;;;+1;-1. The van der Waals surface area contributed by atoms with Crippen molar-refractivity contribution in [3.8, 4) is 74.5 Å². The summed E-state index contributed by atoms with van der Waals surface area (Å²) in [6.07, 6.45) is 3.52. The van der Waals surface area contributed by atoms with E-state index in [-0.39, 0.29) is 60.1 Å². The number of aliphatic hydroxyl groups excluding tert-OH is 1. The van der Waals surface area contributed by atoms with Gasteiger partial charge in [-0.3, -0.25) is 0 Å². The summed E-state index contributed by atoms with van der Waals surface area (Å²) < 4.78 is 121. The molecule has 0 saturated carbocycles. The molecule has 2 aromatic heterocycles. The first-order chi connectivity index (χ1) is 37.6. The fraction of sp³-hybridized carbons (Fsp3) is 0.153. The van der Waals surface area contributed by atoms with Crippen molar-refractivity contribution in [1.29, 1.82) is 21.0 Å². The van der Waals surface area contributed by atoms with Crippen molar-refractivity contribution in [3.05, 3.63) is 212 Å². The van der Waals surface area contributed by atoms with E-state index in [1.54, 1.807) is 25.4 Å². The molecule has 2 aliphatic rings. The van der Waals surface area contributed by atoms with Crippen molar-refractivity contribution in [2.75, 3.05) is 7.11 Å². The molecule has 0 bridgehead atoms. The largest absolute Gasteiger partial charge is 1.00 e. The second-order valence-corrected chi connectivity index (χ2v) is 19.2. The molecule has 6 aromatic carbocycles. The first kappa shape index (κ1) is 61.5. The second-order valence-electron chi connectivity index (χ2n) is 18.4. The number of nitrogens with zero attached hydrogens (tertiary/aromatic N) is 6. The molecule has 80 heavy (non-hydrogen) atoms. The van der Waals surface area contributed by atoms with Crippen LogP contribution in [0.15, 0.2) is 126 Å². The van der Waals surface area contributed by atoms with Crippen molar-refractivity contribution in [3.63, 3.8) is 0 Å². The maximum absolute atomic E-state index is 13.7. The average molecular weight is 1160 g/mol. The normalized spacial score (nSPS) is 12.9. The maximum Gasteiger partial charge on any atom is 1.00 e. The molecule has 10 rings (SSSR count). The first-order valence-electron chi connectivity index (χ1n) is 23.5. The zero-order valence-corrected chi connectivity index (χ0v) is 46.9. The van der Waals surface area contributed by atoms with Gasteiger partial charge >= 0.3 is 36.7 Å². The van der Waals surface area contributed by atoms with Crippen LogP contribution in [0.1, 0.15) is 68.3 Å². The molecule has 3 heterocycles. The Morgan fingerprint density at radius 3 is 1.36 bits per heavy atom. The number of aromatic nitrogens is 2. The van der Waals surface area contributed by atoms with E-state index in [2.05, 4.69) is 86.6 Å². The number of halogens is 9. The summed E-state index contributed by atoms with van der Waals surface area (Å²) >= 11 is 2.30. The van der Waals surface area contributed by atoms with Crippen LogP contribution in [0.3, 0.4) is 0 Å². The average Bonchev–Trinajstić information content (AvgIpc) is 3.95. The van der Waals surface area contributed by atoms with E-state index >= 15 is 0 Å². The third-order valence-electron chi connectivity index (χ3n) is 13.1. The summed E-state index contributed by atoms with van der Waals surface area (Å²) in [6.45, 7) is 8.09. The number of aliphatic hydroxyl groups is 1. The molecule has 0 unspecified atom stereocenters. The SMILES string of the molecule is CC1(C)OB(c2ccc(C#N)nc2)OC1(C)C.COc1ccc(-c2ccc3c(c2)-c2cc(-c4ccc(CO)cc4)ccc2C3)cc1.N#Cc1c(F)c(F)c(Br)c(F)c1F.N#Cc1ccc(-c2c(F)c(F)c(C#N)c(F)c2F)cn1.[H-].[Na+]. The van der Waals surface area contributed by atoms with Crippen LogP contribution in [0.4, 0.5) is 35.1 Å². The predicted octanol–water partition coefficient (Wildman–Crippen LogP) is 10.4. The number of fused-ring (bicyclic) bond motifs is 3. The smallest absolute Gasteiger partial charge is 1.00 e. The Morgan fingerprint density at radius 1 is 0.562 bits per heavy atom. The molecule has 0 radical (unpaired) electrons. The van der Waals surface area contributed by atoms with Crippen LogP contribution >= 0.6 is 15.9 Å². The number of pyridine rings is 2. The van der Waals surface area contributed by atoms with Gasteiger partial charge in [-0.2, -0.15) is 21.0 Å². The van der Waals surface area contributed by atoms with Gasteiger partial charge in [-0.25, -0.2) is 45.1 Å². The molecule has 0 atom stereocenters. The molecule has 0 spiro atoms. The number of nitriles is 4. The van der Waals surface area contributed by atoms with E-state index in [1.807, 2.05) is 64.1 Å². The number of methoxy groups -OCH3 is 1. The Kier molecular flexibility index (Phi) is 20.0. The quantitative estimate of drug-likeness (QED) is 0.0732. The third-order valence-corrected chi connectivity index (χ3v) is 13.8. The van der Waals surface area contributed by atoms with E-state index in [0.717, 1.165) is 53.7 Å².